The van der Waals surface area contributed by atoms with E-state index in [1.54, 1.807) is 0 Å². The van der Waals surface area contributed by atoms with Gasteiger partial charge in [0, 0.05) is 6.42 Å². The molecule has 1 atom stereocenters. The van der Waals surface area contributed by atoms with Crippen molar-refractivity contribution in [2.45, 2.75) is 59.0 Å². The highest BCUT2D eigenvalue weighted by Gasteiger charge is 2.10. The molecule has 1 aromatic rings. The Morgan fingerprint density at radius 3 is 2.37 bits per heavy atom. The van der Waals surface area contributed by atoms with Crippen LogP contribution in [0.1, 0.15) is 64.5 Å². The second-order valence-corrected chi connectivity index (χ2v) is 5.54. The van der Waals surface area contributed by atoms with Crippen molar-refractivity contribution in [1.82, 2.24) is 0 Å². The molecule has 0 spiro atoms. The highest BCUT2D eigenvalue weighted by Crippen LogP contribution is 2.17. The monoisotopic (exact) mass is 262 g/mol. The van der Waals surface area contributed by atoms with Crippen molar-refractivity contribution in [1.29, 1.82) is 0 Å². The van der Waals surface area contributed by atoms with Gasteiger partial charge in [-0.25, -0.2) is 0 Å². The molecule has 106 valence electrons. The molecule has 1 aromatic carbocycles. The SMILES string of the molecule is CC(C)CCCCCC(=O)OC(C)c1ccccc1. The molecule has 2 heteroatoms. The summed E-state index contributed by atoms with van der Waals surface area (Å²) in [7, 11) is 0. The van der Waals surface area contributed by atoms with Crippen molar-refractivity contribution in [2.24, 2.45) is 5.92 Å². The Kier molecular flexibility index (Phi) is 7.24. The topological polar surface area (TPSA) is 26.3 Å². The van der Waals surface area contributed by atoms with E-state index in [4.69, 9.17) is 4.74 Å². The maximum absolute atomic E-state index is 11.7. The first-order valence-corrected chi connectivity index (χ1v) is 7.34. The van der Waals surface area contributed by atoms with E-state index in [0.717, 1.165) is 24.3 Å². The fourth-order valence-electron chi connectivity index (χ4n) is 2.05. The summed E-state index contributed by atoms with van der Waals surface area (Å²) in [6, 6.07) is 9.87. The maximum Gasteiger partial charge on any atom is 0.306 e. The predicted molar refractivity (Wildman–Crippen MR) is 78.9 cm³/mol. The zero-order valence-electron chi connectivity index (χ0n) is 12.4. The lowest BCUT2D eigenvalue weighted by molar-refractivity contribution is -0.148. The highest BCUT2D eigenvalue weighted by atomic mass is 16.5. The van der Waals surface area contributed by atoms with Crippen LogP contribution in [-0.2, 0) is 9.53 Å². The Hall–Kier alpha value is -1.31. The molecule has 0 bridgehead atoms. The number of rotatable bonds is 8. The number of carbonyl (C=O) groups is 1. The molecule has 0 amide bonds. The first-order valence-electron chi connectivity index (χ1n) is 7.34. The molecule has 0 aliphatic heterocycles. The quantitative estimate of drug-likeness (QED) is 0.492. The van der Waals surface area contributed by atoms with Crippen molar-refractivity contribution in [3.63, 3.8) is 0 Å². The van der Waals surface area contributed by atoms with Crippen LogP contribution in [0.5, 0.6) is 0 Å². The third-order valence-electron chi connectivity index (χ3n) is 3.24. The Morgan fingerprint density at radius 1 is 1.05 bits per heavy atom. The van der Waals surface area contributed by atoms with Crippen molar-refractivity contribution in [3.8, 4) is 0 Å². The molecule has 0 aliphatic rings. The van der Waals surface area contributed by atoms with E-state index in [9.17, 15) is 4.79 Å². The van der Waals surface area contributed by atoms with E-state index in [1.807, 2.05) is 37.3 Å². The van der Waals surface area contributed by atoms with Gasteiger partial charge in [-0.2, -0.15) is 0 Å². The average molecular weight is 262 g/mol. The minimum atomic E-state index is -0.149. The predicted octanol–water partition coefficient (Wildman–Crippen LogP) is 4.90. The Morgan fingerprint density at radius 2 is 1.74 bits per heavy atom. The molecule has 0 radical (unpaired) electrons. The standard InChI is InChI=1S/C17H26O2/c1-14(2)10-6-4-9-13-17(18)19-15(3)16-11-7-5-8-12-16/h5,7-8,11-12,14-15H,4,6,9-10,13H2,1-3H3. The fraction of sp³-hybridized carbons (Fsp3) is 0.588. The van der Waals surface area contributed by atoms with Gasteiger partial charge < -0.3 is 4.74 Å². The summed E-state index contributed by atoms with van der Waals surface area (Å²) in [6.45, 7) is 6.39. The van der Waals surface area contributed by atoms with Crippen molar-refractivity contribution in [2.75, 3.05) is 0 Å². The van der Waals surface area contributed by atoms with Crippen molar-refractivity contribution >= 4 is 5.97 Å². The van der Waals surface area contributed by atoms with Gasteiger partial charge >= 0.3 is 5.97 Å². The van der Waals surface area contributed by atoms with Crippen LogP contribution >= 0.6 is 0 Å². The number of hydrogen-bond donors (Lipinski definition) is 0. The van der Waals surface area contributed by atoms with E-state index in [-0.39, 0.29) is 12.1 Å². The van der Waals surface area contributed by atoms with Crippen LogP contribution in [0.15, 0.2) is 30.3 Å². The van der Waals surface area contributed by atoms with E-state index < -0.39 is 0 Å². The second kappa shape index (κ2) is 8.73. The first kappa shape index (κ1) is 15.7. The molecule has 0 aromatic heterocycles. The number of unbranched alkanes of at least 4 members (excludes halogenated alkanes) is 2. The lowest BCUT2D eigenvalue weighted by Crippen LogP contribution is -2.08. The molecule has 1 rings (SSSR count). The van der Waals surface area contributed by atoms with Gasteiger partial charge in [0.2, 0.25) is 0 Å². The molecule has 0 saturated heterocycles. The summed E-state index contributed by atoms with van der Waals surface area (Å²) in [4.78, 5) is 11.7. The average Bonchev–Trinajstić information content (AvgIpc) is 2.39. The molecule has 2 nitrogen and oxygen atoms in total. The molecule has 0 aliphatic carbocycles. The molecule has 0 saturated carbocycles. The lowest BCUT2D eigenvalue weighted by Gasteiger charge is -2.13. The van der Waals surface area contributed by atoms with Crippen LogP contribution in [0, 0.1) is 5.92 Å². The highest BCUT2D eigenvalue weighted by molar-refractivity contribution is 5.69. The second-order valence-electron chi connectivity index (χ2n) is 5.54. The number of ether oxygens (including phenoxy) is 1. The third-order valence-corrected chi connectivity index (χ3v) is 3.24. The van der Waals surface area contributed by atoms with Gasteiger partial charge in [0.05, 0.1) is 0 Å². The van der Waals surface area contributed by atoms with E-state index in [2.05, 4.69) is 13.8 Å². The summed E-state index contributed by atoms with van der Waals surface area (Å²) < 4.78 is 5.43. The van der Waals surface area contributed by atoms with Gasteiger partial charge in [0.1, 0.15) is 6.10 Å². The van der Waals surface area contributed by atoms with Gasteiger partial charge in [-0.15, -0.1) is 0 Å². The van der Waals surface area contributed by atoms with E-state index >= 15 is 0 Å². The Labute approximate surface area is 117 Å². The first-order chi connectivity index (χ1) is 9.09. The van der Waals surface area contributed by atoms with Crippen LogP contribution in [0.2, 0.25) is 0 Å². The third kappa shape index (κ3) is 7.00. The van der Waals surface area contributed by atoms with Crippen molar-refractivity contribution < 1.29 is 9.53 Å². The normalized spacial score (nSPS) is 12.4. The van der Waals surface area contributed by atoms with E-state index in [1.165, 1.54) is 12.8 Å². The van der Waals surface area contributed by atoms with Crippen LogP contribution in [0.4, 0.5) is 0 Å². The molecule has 0 fully saturated rings. The van der Waals surface area contributed by atoms with Gasteiger partial charge in [-0.05, 0) is 24.8 Å². The lowest BCUT2D eigenvalue weighted by atomic mass is 10.0. The van der Waals surface area contributed by atoms with Crippen LogP contribution in [0.25, 0.3) is 0 Å². The number of carbonyl (C=O) groups excluding carboxylic acids is 1. The van der Waals surface area contributed by atoms with Gasteiger partial charge in [-0.3, -0.25) is 4.79 Å². The summed E-state index contributed by atoms with van der Waals surface area (Å²) in [5.74, 6) is 0.672. The van der Waals surface area contributed by atoms with Crippen molar-refractivity contribution in [3.05, 3.63) is 35.9 Å². The zero-order chi connectivity index (χ0) is 14.1. The summed E-state index contributed by atoms with van der Waals surface area (Å²) in [6.07, 6.45) is 4.90. The van der Waals surface area contributed by atoms with Crippen LogP contribution in [0.3, 0.4) is 0 Å². The smallest absolute Gasteiger partial charge is 0.306 e. The maximum atomic E-state index is 11.7. The molecule has 19 heavy (non-hydrogen) atoms. The largest absolute Gasteiger partial charge is 0.458 e. The van der Waals surface area contributed by atoms with Gasteiger partial charge in [-0.1, -0.05) is 63.4 Å². The van der Waals surface area contributed by atoms with Crippen LogP contribution in [-0.4, -0.2) is 5.97 Å². The van der Waals surface area contributed by atoms with E-state index in [0.29, 0.717) is 6.42 Å². The molecule has 0 N–H and O–H groups in total. The molecular formula is C17H26O2. The number of benzene rings is 1. The zero-order valence-corrected chi connectivity index (χ0v) is 12.4. The molecule has 1 unspecified atom stereocenters. The van der Waals surface area contributed by atoms with Crippen LogP contribution < -0.4 is 0 Å². The fourth-order valence-corrected chi connectivity index (χ4v) is 2.05. The Bertz CT molecular complexity index is 357. The van der Waals surface area contributed by atoms with Gasteiger partial charge in [0.25, 0.3) is 0 Å². The minimum Gasteiger partial charge on any atom is -0.458 e. The molecular weight excluding hydrogens is 236 g/mol. The molecule has 0 heterocycles. The number of hydrogen-bond acceptors (Lipinski definition) is 2. The number of esters is 1. The summed E-state index contributed by atoms with van der Waals surface area (Å²) >= 11 is 0. The summed E-state index contributed by atoms with van der Waals surface area (Å²) in [5.41, 5.74) is 1.05. The summed E-state index contributed by atoms with van der Waals surface area (Å²) in [5, 5.41) is 0. The van der Waals surface area contributed by atoms with Gasteiger partial charge in [0.15, 0.2) is 0 Å². The minimum absolute atomic E-state index is 0.0825. The Balaban J connectivity index is 2.17.